The van der Waals surface area contributed by atoms with Crippen molar-refractivity contribution in [1.82, 2.24) is 5.32 Å². The number of esters is 1. The molecule has 3 N–H and O–H groups in total. The maximum atomic E-state index is 13.2. The lowest BCUT2D eigenvalue weighted by molar-refractivity contribution is -0.151. The van der Waals surface area contributed by atoms with Crippen molar-refractivity contribution in [2.24, 2.45) is 0 Å². The van der Waals surface area contributed by atoms with E-state index < -0.39 is 18.2 Å². The summed E-state index contributed by atoms with van der Waals surface area (Å²) in [6.45, 7) is 6.33. The zero-order valence-electron chi connectivity index (χ0n) is 41.9. The second-order valence-electron chi connectivity index (χ2n) is 17.9. The van der Waals surface area contributed by atoms with Crippen LogP contribution >= 0.6 is 0 Å². The Bertz CT molecular complexity index is 1230. The van der Waals surface area contributed by atoms with Crippen molar-refractivity contribution < 1.29 is 24.5 Å². The highest BCUT2D eigenvalue weighted by Gasteiger charge is 2.24. The Morgan fingerprint density at radius 2 is 0.844 bits per heavy atom. The van der Waals surface area contributed by atoms with Gasteiger partial charge in [0.2, 0.25) is 5.91 Å². The third-order valence-corrected chi connectivity index (χ3v) is 11.7. The molecule has 0 saturated carbocycles. The van der Waals surface area contributed by atoms with Crippen LogP contribution in [0.1, 0.15) is 245 Å². The smallest absolute Gasteiger partial charge is 0.306 e. The summed E-state index contributed by atoms with van der Waals surface area (Å²) in [7, 11) is 0. The molecule has 1 amide bonds. The number of rotatable bonds is 47. The first-order chi connectivity index (χ1) is 31.5. The van der Waals surface area contributed by atoms with Crippen molar-refractivity contribution in [3.05, 3.63) is 85.1 Å². The first-order valence-corrected chi connectivity index (χ1v) is 26.8. The van der Waals surface area contributed by atoms with Crippen LogP contribution in [0.5, 0.6) is 0 Å². The lowest BCUT2D eigenvalue weighted by Crippen LogP contribution is -2.46. The Morgan fingerprint density at radius 3 is 1.31 bits per heavy atom. The standard InChI is InChI=1S/C58H101NO5/c1-4-7-10-13-16-19-22-24-26-27-28-29-31-33-36-39-42-45-48-51-58(63)64-54(49-46-43-40-37-35-32-30-25-23-20-17-14-11-8-5-2)52-57(62)59-55(53-60)56(61)50-47-44-41-38-34-21-18-15-12-9-6-3/h7,10,16-17,19-20,24-26,28-30,33,36,54-56,60-61H,4-6,8-9,11-15,18,21-23,27,31-32,34-35,37-53H2,1-3H3,(H,59,62)/b10-7-,19-16-,20-17-,26-24-,29-28-,30-25-,36-33-. The molecule has 0 rings (SSSR count). The number of aliphatic hydroxyl groups excluding tert-OH is 2. The molecule has 0 aromatic heterocycles. The molecule has 0 spiro atoms. The van der Waals surface area contributed by atoms with Crippen LogP contribution in [0.25, 0.3) is 0 Å². The van der Waals surface area contributed by atoms with Crippen molar-refractivity contribution in [2.75, 3.05) is 6.61 Å². The molecular weight excluding hydrogens is 791 g/mol. The number of allylic oxidation sites excluding steroid dienone is 14. The number of carbonyl (C=O) groups excluding carboxylic acids is 2. The van der Waals surface area contributed by atoms with Crippen molar-refractivity contribution in [3.63, 3.8) is 0 Å². The summed E-state index contributed by atoms with van der Waals surface area (Å²) >= 11 is 0. The summed E-state index contributed by atoms with van der Waals surface area (Å²) in [6, 6.07) is -0.717. The van der Waals surface area contributed by atoms with Crippen molar-refractivity contribution in [2.45, 2.75) is 264 Å². The SMILES string of the molecule is CC/C=C\C/C=C\C/C=C\C/C=C\C/C=C\CCCCCC(=O)OC(CCCCCCC/C=C\C/C=C\CCCCC)CC(=O)NC(CO)C(O)CCCCCCCCCCCCC. The molecule has 64 heavy (non-hydrogen) atoms. The van der Waals surface area contributed by atoms with Gasteiger partial charge in [0.05, 0.1) is 25.2 Å². The quantitative estimate of drug-likeness (QED) is 0.0321. The number of aliphatic hydroxyl groups is 2. The summed E-state index contributed by atoms with van der Waals surface area (Å²) in [4.78, 5) is 26.2. The molecule has 0 radical (unpaired) electrons. The zero-order valence-corrected chi connectivity index (χ0v) is 41.9. The molecule has 0 aromatic carbocycles. The van der Waals surface area contributed by atoms with Crippen LogP contribution in [-0.2, 0) is 14.3 Å². The van der Waals surface area contributed by atoms with Crippen LogP contribution in [0.4, 0.5) is 0 Å². The molecule has 0 heterocycles. The highest BCUT2D eigenvalue weighted by Crippen LogP contribution is 2.17. The van der Waals surface area contributed by atoms with Gasteiger partial charge in [0.15, 0.2) is 0 Å². The fourth-order valence-electron chi connectivity index (χ4n) is 7.66. The van der Waals surface area contributed by atoms with E-state index in [4.69, 9.17) is 4.74 Å². The highest BCUT2D eigenvalue weighted by molar-refractivity contribution is 5.77. The van der Waals surface area contributed by atoms with E-state index in [2.05, 4.69) is 111 Å². The van der Waals surface area contributed by atoms with Gasteiger partial charge in [-0.15, -0.1) is 0 Å². The minimum atomic E-state index is -0.801. The van der Waals surface area contributed by atoms with Gasteiger partial charge in [-0.1, -0.05) is 215 Å². The van der Waals surface area contributed by atoms with Crippen molar-refractivity contribution in [3.8, 4) is 0 Å². The summed E-state index contributed by atoms with van der Waals surface area (Å²) < 4.78 is 5.93. The molecular formula is C58H101NO5. The van der Waals surface area contributed by atoms with Gasteiger partial charge < -0.3 is 20.3 Å². The van der Waals surface area contributed by atoms with Crippen LogP contribution in [-0.4, -0.2) is 46.9 Å². The van der Waals surface area contributed by atoms with E-state index >= 15 is 0 Å². The average molecular weight is 892 g/mol. The van der Waals surface area contributed by atoms with E-state index in [0.29, 0.717) is 19.3 Å². The molecule has 0 aliphatic carbocycles. The van der Waals surface area contributed by atoms with Gasteiger partial charge in [0, 0.05) is 6.42 Å². The maximum absolute atomic E-state index is 13.2. The number of carbonyl (C=O) groups is 2. The topological polar surface area (TPSA) is 95.9 Å². The van der Waals surface area contributed by atoms with Gasteiger partial charge >= 0.3 is 5.97 Å². The normalized spacial score (nSPS) is 13.9. The molecule has 368 valence electrons. The maximum Gasteiger partial charge on any atom is 0.306 e. The summed E-state index contributed by atoms with van der Waals surface area (Å²) in [5.74, 6) is -0.528. The number of unbranched alkanes of at least 4 members (excludes halogenated alkanes) is 21. The number of hydrogen-bond acceptors (Lipinski definition) is 5. The van der Waals surface area contributed by atoms with Gasteiger partial charge in [-0.2, -0.15) is 0 Å². The van der Waals surface area contributed by atoms with Gasteiger partial charge in [0.1, 0.15) is 6.10 Å². The zero-order chi connectivity index (χ0) is 46.7. The largest absolute Gasteiger partial charge is 0.462 e. The van der Waals surface area contributed by atoms with Crippen LogP contribution in [0.15, 0.2) is 85.1 Å². The lowest BCUT2D eigenvalue weighted by Gasteiger charge is -2.24. The molecule has 0 aliphatic rings. The van der Waals surface area contributed by atoms with Crippen LogP contribution in [0, 0.1) is 0 Å². The van der Waals surface area contributed by atoms with Crippen LogP contribution in [0.2, 0.25) is 0 Å². The summed E-state index contributed by atoms with van der Waals surface area (Å²) in [6.07, 6.45) is 66.4. The highest BCUT2D eigenvalue weighted by atomic mass is 16.5. The van der Waals surface area contributed by atoms with Crippen molar-refractivity contribution in [1.29, 1.82) is 0 Å². The second-order valence-corrected chi connectivity index (χ2v) is 17.9. The fraction of sp³-hybridized carbons (Fsp3) is 0.724. The summed E-state index contributed by atoms with van der Waals surface area (Å²) in [5.41, 5.74) is 0. The van der Waals surface area contributed by atoms with Crippen LogP contribution < -0.4 is 5.32 Å². The Morgan fingerprint density at radius 1 is 0.469 bits per heavy atom. The predicted molar refractivity (Wildman–Crippen MR) is 278 cm³/mol. The molecule has 3 unspecified atom stereocenters. The molecule has 0 fully saturated rings. The Hall–Kier alpha value is -2.96. The first-order valence-electron chi connectivity index (χ1n) is 26.8. The van der Waals surface area contributed by atoms with E-state index in [1.165, 1.54) is 83.5 Å². The van der Waals surface area contributed by atoms with Crippen molar-refractivity contribution >= 4 is 11.9 Å². The predicted octanol–water partition coefficient (Wildman–Crippen LogP) is 16.3. The van der Waals surface area contributed by atoms with Crippen LogP contribution in [0.3, 0.4) is 0 Å². The minimum Gasteiger partial charge on any atom is -0.462 e. The first kappa shape index (κ1) is 61.0. The molecule has 0 aliphatic heterocycles. The fourth-order valence-corrected chi connectivity index (χ4v) is 7.66. The molecule has 0 saturated heterocycles. The third-order valence-electron chi connectivity index (χ3n) is 11.7. The minimum absolute atomic E-state index is 0.0509. The molecule has 0 bridgehead atoms. The van der Waals surface area contributed by atoms with E-state index in [9.17, 15) is 19.8 Å². The molecule has 0 aromatic rings. The molecule has 6 nitrogen and oxygen atoms in total. The Kier molecular flexibility index (Phi) is 48.7. The van der Waals surface area contributed by atoms with E-state index in [-0.39, 0.29) is 24.9 Å². The van der Waals surface area contributed by atoms with Gasteiger partial charge in [-0.05, 0) is 103 Å². The van der Waals surface area contributed by atoms with E-state index in [0.717, 1.165) is 116 Å². The van der Waals surface area contributed by atoms with Gasteiger partial charge in [-0.3, -0.25) is 9.59 Å². The average Bonchev–Trinajstić information content (AvgIpc) is 3.29. The Balaban J connectivity index is 4.67. The molecule has 6 heteroatoms. The second kappa shape index (κ2) is 51.0. The number of nitrogens with one attached hydrogen (secondary N) is 1. The lowest BCUT2D eigenvalue weighted by atomic mass is 10.0. The molecule has 3 atom stereocenters. The van der Waals surface area contributed by atoms with Gasteiger partial charge in [-0.25, -0.2) is 0 Å². The van der Waals surface area contributed by atoms with E-state index in [1.54, 1.807) is 0 Å². The van der Waals surface area contributed by atoms with Gasteiger partial charge in [0.25, 0.3) is 0 Å². The third kappa shape index (κ3) is 45.6. The monoisotopic (exact) mass is 892 g/mol. The number of hydrogen-bond donors (Lipinski definition) is 3. The Labute approximate surface area is 395 Å². The summed E-state index contributed by atoms with van der Waals surface area (Å²) in [5, 5.41) is 23.8. The number of amides is 1. The van der Waals surface area contributed by atoms with E-state index in [1.807, 2.05) is 0 Å². The number of ether oxygens (including phenoxy) is 1.